The lowest BCUT2D eigenvalue weighted by Crippen LogP contribution is -2.30. The van der Waals surface area contributed by atoms with Crippen LogP contribution in [0.1, 0.15) is 12.1 Å². The Bertz CT molecular complexity index is 485. The highest BCUT2D eigenvalue weighted by Crippen LogP contribution is 2.51. The van der Waals surface area contributed by atoms with E-state index in [0.29, 0.717) is 6.42 Å². The number of nitrogens with zero attached hydrogens (tertiary/aromatic N) is 1. The second-order valence-corrected chi connectivity index (χ2v) is 6.30. The maximum atomic E-state index is 11.4. The number of epoxide rings is 1. The van der Waals surface area contributed by atoms with Crippen molar-refractivity contribution < 1.29 is 13.2 Å². The highest BCUT2D eigenvalue weighted by molar-refractivity contribution is 7.91. The van der Waals surface area contributed by atoms with Gasteiger partial charge in [-0.15, -0.1) is 0 Å². The molecule has 0 radical (unpaired) electrons. The van der Waals surface area contributed by atoms with Gasteiger partial charge in [0.25, 0.3) is 0 Å². The Labute approximate surface area is 88.2 Å². The molecule has 2 aliphatic rings. The molecular weight excluding hydrogens is 214 g/mol. The molecule has 2 atom stereocenters. The van der Waals surface area contributed by atoms with Gasteiger partial charge in [0.05, 0.1) is 17.2 Å². The minimum atomic E-state index is -2.89. The van der Waals surface area contributed by atoms with E-state index in [0.717, 1.165) is 5.69 Å². The van der Waals surface area contributed by atoms with Crippen LogP contribution in [0.4, 0.5) is 0 Å². The number of hydrogen-bond acceptors (Lipinski definition) is 4. The maximum Gasteiger partial charge on any atom is 0.153 e. The Morgan fingerprint density at radius 3 is 3.00 bits per heavy atom. The number of hydrogen-bond donors (Lipinski definition) is 0. The van der Waals surface area contributed by atoms with Gasteiger partial charge in [-0.25, -0.2) is 8.42 Å². The smallest absolute Gasteiger partial charge is 0.153 e. The van der Waals surface area contributed by atoms with Crippen LogP contribution >= 0.6 is 0 Å². The molecular formula is C10H11NO3S. The summed E-state index contributed by atoms with van der Waals surface area (Å²) in [5, 5.41) is 0. The fraction of sp³-hybridized carbons (Fsp3) is 0.500. The second kappa shape index (κ2) is 2.80. The molecule has 0 unspecified atom stereocenters. The zero-order chi connectivity index (χ0) is 10.5. The van der Waals surface area contributed by atoms with E-state index < -0.39 is 15.4 Å². The van der Waals surface area contributed by atoms with E-state index in [-0.39, 0.29) is 17.6 Å². The van der Waals surface area contributed by atoms with Gasteiger partial charge >= 0.3 is 0 Å². The third kappa shape index (κ3) is 1.38. The summed E-state index contributed by atoms with van der Waals surface area (Å²) in [5.41, 5.74) is 0.469. The van der Waals surface area contributed by atoms with Crippen LogP contribution in [0.5, 0.6) is 0 Å². The molecule has 0 aromatic carbocycles. The summed E-state index contributed by atoms with van der Waals surface area (Å²) in [6.07, 6.45) is 2.08. The van der Waals surface area contributed by atoms with Crippen molar-refractivity contribution in [1.29, 1.82) is 0 Å². The number of sulfone groups is 1. The Morgan fingerprint density at radius 2 is 2.33 bits per heavy atom. The van der Waals surface area contributed by atoms with Gasteiger partial charge < -0.3 is 4.74 Å². The molecule has 2 fully saturated rings. The summed E-state index contributed by atoms with van der Waals surface area (Å²) in [6.45, 7) is 0. The van der Waals surface area contributed by atoms with E-state index in [1.165, 1.54) is 0 Å². The Balaban J connectivity index is 1.93. The number of fused-ring (bicyclic) bond motifs is 1. The molecule has 4 nitrogen and oxygen atoms in total. The van der Waals surface area contributed by atoms with E-state index in [1.807, 2.05) is 18.2 Å². The van der Waals surface area contributed by atoms with Crippen LogP contribution in [-0.4, -0.2) is 31.0 Å². The average molecular weight is 225 g/mol. The zero-order valence-corrected chi connectivity index (χ0v) is 8.90. The quantitative estimate of drug-likeness (QED) is 0.653. The molecule has 0 saturated carbocycles. The van der Waals surface area contributed by atoms with Crippen LogP contribution in [-0.2, 0) is 20.2 Å². The maximum absolute atomic E-state index is 11.4. The van der Waals surface area contributed by atoms with Crippen LogP contribution < -0.4 is 0 Å². The molecule has 2 aliphatic heterocycles. The molecule has 0 amide bonds. The fourth-order valence-corrected chi connectivity index (χ4v) is 3.78. The largest absolute Gasteiger partial charge is 0.358 e. The van der Waals surface area contributed by atoms with Crippen LogP contribution in [0, 0.1) is 0 Å². The topological polar surface area (TPSA) is 59.6 Å². The Morgan fingerprint density at radius 1 is 1.47 bits per heavy atom. The van der Waals surface area contributed by atoms with Gasteiger partial charge in [0.1, 0.15) is 11.7 Å². The number of pyridine rings is 1. The molecule has 0 aliphatic carbocycles. The summed E-state index contributed by atoms with van der Waals surface area (Å²) in [6, 6.07) is 5.65. The van der Waals surface area contributed by atoms with Crippen molar-refractivity contribution in [3.63, 3.8) is 0 Å². The zero-order valence-electron chi connectivity index (χ0n) is 8.09. The minimum Gasteiger partial charge on any atom is -0.358 e. The molecule has 5 heteroatoms. The first-order valence-corrected chi connectivity index (χ1v) is 6.74. The first kappa shape index (κ1) is 9.30. The van der Waals surface area contributed by atoms with E-state index >= 15 is 0 Å². The van der Waals surface area contributed by atoms with Crippen LogP contribution in [0.25, 0.3) is 0 Å². The summed E-state index contributed by atoms with van der Waals surface area (Å²) in [4.78, 5) is 4.24. The van der Waals surface area contributed by atoms with Crippen molar-refractivity contribution in [2.45, 2.75) is 18.1 Å². The van der Waals surface area contributed by atoms with Crippen LogP contribution in [0.3, 0.4) is 0 Å². The van der Waals surface area contributed by atoms with Gasteiger partial charge in [-0.1, -0.05) is 6.07 Å². The molecule has 3 heterocycles. The van der Waals surface area contributed by atoms with Crippen molar-refractivity contribution >= 4 is 9.84 Å². The third-order valence-electron chi connectivity index (χ3n) is 3.10. The van der Waals surface area contributed by atoms with Crippen molar-refractivity contribution in [3.05, 3.63) is 30.1 Å². The number of rotatable bonds is 1. The van der Waals surface area contributed by atoms with Crippen molar-refractivity contribution in [1.82, 2.24) is 4.98 Å². The van der Waals surface area contributed by atoms with E-state index in [1.54, 1.807) is 6.20 Å². The highest BCUT2D eigenvalue weighted by Gasteiger charge is 2.62. The summed E-state index contributed by atoms with van der Waals surface area (Å²) >= 11 is 0. The van der Waals surface area contributed by atoms with Gasteiger partial charge in [0.2, 0.25) is 0 Å². The molecule has 80 valence electrons. The lowest BCUT2D eigenvalue weighted by molar-refractivity contribution is 0.290. The molecule has 0 N–H and O–H groups in total. The first-order chi connectivity index (χ1) is 7.12. The van der Waals surface area contributed by atoms with Crippen LogP contribution in [0.15, 0.2) is 24.4 Å². The van der Waals surface area contributed by atoms with Gasteiger partial charge in [-0.05, 0) is 18.6 Å². The van der Waals surface area contributed by atoms with Crippen molar-refractivity contribution in [3.8, 4) is 0 Å². The number of aromatic nitrogens is 1. The fourth-order valence-electron chi connectivity index (χ4n) is 2.20. The molecule has 0 bridgehead atoms. The average Bonchev–Trinajstić information content (AvgIpc) is 2.92. The molecule has 1 aromatic heterocycles. The number of ether oxygens (including phenoxy) is 1. The third-order valence-corrected chi connectivity index (χ3v) is 4.74. The monoisotopic (exact) mass is 225 g/mol. The van der Waals surface area contributed by atoms with Crippen LogP contribution in [0.2, 0.25) is 0 Å². The summed E-state index contributed by atoms with van der Waals surface area (Å²) in [5.74, 6) is 0.351. The van der Waals surface area contributed by atoms with Gasteiger partial charge in [-0.2, -0.15) is 0 Å². The molecule has 1 aromatic rings. The Kier molecular flexibility index (Phi) is 1.73. The predicted octanol–water partition coefficient (Wildman–Crippen LogP) is 0.494. The SMILES string of the molecule is O=S1(=O)CC[C@@]2(c3ccccn3)O[C@H]2C1. The van der Waals surface area contributed by atoms with Gasteiger partial charge in [-0.3, -0.25) is 4.98 Å². The molecule has 3 rings (SSSR count). The minimum absolute atomic E-state index is 0.142. The first-order valence-electron chi connectivity index (χ1n) is 4.92. The van der Waals surface area contributed by atoms with Gasteiger partial charge in [0.15, 0.2) is 9.84 Å². The Hall–Kier alpha value is -0.940. The summed E-state index contributed by atoms with van der Waals surface area (Å²) in [7, 11) is -2.89. The van der Waals surface area contributed by atoms with E-state index in [9.17, 15) is 8.42 Å². The van der Waals surface area contributed by atoms with Crippen molar-refractivity contribution in [2.24, 2.45) is 0 Å². The lowest BCUT2D eigenvalue weighted by Gasteiger charge is -2.16. The molecule has 15 heavy (non-hydrogen) atoms. The summed E-state index contributed by atoms with van der Waals surface area (Å²) < 4.78 is 28.3. The normalized spacial score (nSPS) is 36.9. The van der Waals surface area contributed by atoms with E-state index in [2.05, 4.69) is 4.98 Å². The standard InChI is InChI=1S/C10H11NO3S/c12-15(13)6-4-10(9(7-15)14-10)8-3-1-2-5-11-8/h1-3,5,9H,4,6-7H2/t9-,10-/m0/s1. The van der Waals surface area contributed by atoms with E-state index in [4.69, 9.17) is 4.74 Å². The predicted molar refractivity (Wildman–Crippen MR) is 54.1 cm³/mol. The molecule has 0 spiro atoms. The highest BCUT2D eigenvalue weighted by atomic mass is 32.2. The van der Waals surface area contributed by atoms with Gasteiger partial charge in [0, 0.05) is 6.20 Å². The second-order valence-electron chi connectivity index (χ2n) is 4.08. The molecule has 2 saturated heterocycles. The van der Waals surface area contributed by atoms with Crippen molar-refractivity contribution in [2.75, 3.05) is 11.5 Å². The lowest BCUT2D eigenvalue weighted by atomic mass is 9.98.